The van der Waals surface area contributed by atoms with E-state index in [0.717, 1.165) is 12.1 Å². The van der Waals surface area contributed by atoms with E-state index in [4.69, 9.17) is 9.47 Å². The second-order valence-electron chi connectivity index (χ2n) is 4.79. The first-order valence-corrected chi connectivity index (χ1v) is 6.33. The maximum atomic E-state index is 13.6. The fraction of sp³-hybridized carbons (Fsp3) is 0.200. The highest BCUT2D eigenvalue weighted by atomic mass is 19.2. The van der Waals surface area contributed by atoms with Crippen molar-refractivity contribution in [3.63, 3.8) is 0 Å². The zero-order valence-corrected chi connectivity index (χ0v) is 11.4. The number of benzene rings is 2. The predicted molar refractivity (Wildman–Crippen MR) is 70.9 cm³/mol. The molecule has 0 saturated carbocycles. The van der Waals surface area contributed by atoms with Crippen LogP contribution in [0.1, 0.15) is 26.3 Å². The molecule has 1 atom stereocenters. The predicted octanol–water partition coefficient (Wildman–Crippen LogP) is 1.97. The number of halogens is 2. The number of fused-ring (bicyclic) bond motifs is 3. The van der Waals surface area contributed by atoms with Gasteiger partial charge in [-0.1, -0.05) is 0 Å². The molecule has 0 aliphatic carbocycles. The summed E-state index contributed by atoms with van der Waals surface area (Å²) >= 11 is 0. The maximum Gasteiger partial charge on any atom is 0.341 e. The lowest BCUT2D eigenvalue weighted by atomic mass is 9.90. The van der Waals surface area contributed by atoms with Crippen LogP contribution in [0.2, 0.25) is 0 Å². The maximum absolute atomic E-state index is 13.6. The first-order valence-electron chi connectivity index (χ1n) is 6.33. The van der Waals surface area contributed by atoms with Crippen molar-refractivity contribution in [3.8, 4) is 5.75 Å². The lowest BCUT2D eigenvalue weighted by Crippen LogP contribution is -2.28. The van der Waals surface area contributed by atoms with Gasteiger partial charge in [-0.05, 0) is 17.7 Å². The first-order chi connectivity index (χ1) is 10.5. The number of methoxy groups -OCH3 is 1. The summed E-state index contributed by atoms with van der Waals surface area (Å²) in [4.78, 5) is 23.4. The van der Waals surface area contributed by atoms with E-state index >= 15 is 0 Å². The molecule has 5 nitrogen and oxygen atoms in total. The van der Waals surface area contributed by atoms with Gasteiger partial charge >= 0.3 is 5.97 Å². The van der Waals surface area contributed by atoms with E-state index in [2.05, 4.69) is 0 Å². The van der Waals surface area contributed by atoms with Gasteiger partial charge < -0.3 is 14.6 Å². The highest BCUT2D eigenvalue weighted by molar-refractivity contribution is 6.12. The molecular formula is C15H10F2O5. The molecule has 22 heavy (non-hydrogen) atoms. The summed E-state index contributed by atoms with van der Waals surface area (Å²) in [5, 5.41) is 9.69. The van der Waals surface area contributed by atoms with Crippen LogP contribution in [-0.2, 0) is 11.2 Å². The molecule has 0 bridgehead atoms. The van der Waals surface area contributed by atoms with Crippen molar-refractivity contribution in [1.82, 2.24) is 0 Å². The molecule has 0 saturated heterocycles. The van der Waals surface area contributed by atoms with Crippen molar-refractivity contribution in [3.05, 3.63) is 40.5 Å². The van der Waals surface area contributed by atoms with Gasteiger partial charge in [-0.3, -0.25) is 4.79 Å². The smallest absolute Gasteiger partial charge is 0.341 e. The van der Waals surface area contributed by atoms with Gasteiger partial charge in [-0.2, -0.15) is 0 Å². The minimum atomic E-state index is -1.41. The number of ether oxygens (including phenoxy) is 2. The van der Waals surface area contributed by atoms with E-state index in [1.165, 1.54) is 7.11 Å². The molecule has 7 heteroatoms. The monoisotopic (exact) mass is 308 g/mol. The molecular weight excluding hydrogens is 298 g/mol. The summed E-state index contributed by atoms with van der Waals surface area (Å²) in [6.45, 7) is 0. The number of carbonyl (C=O) groups excluding carboxylic acids is 2. The Morgan fingerprint density at radius 3 is 2.55 bits per heavy atom. The Bertz CT molecular complexity index is 816. The molecule has 0 radical (unpaired) electrons. The van der Waals surface area contributed by atoms with Crippen LogP contribution in [0.5, 0.6) is 5.75 Å². The van der Waals surface area contributed by atoms with Crippen LogP contribution in [0.25, 0.3) is 10.8 Å². The molecule has 1 aliphatic heterocycles. The Labute approximate surface area is 123 Å². The van der Waals surface area contributed by atoms with Gasteiger partial charge in [0.2, 0.25) is 6.29 Å². The molecule has 0 spiro atoms. The number of carbonyl (C=O) groups is 2. The van der Waals surface area contributed by atoms with Crippen molar-refractivity contribution in [2.24, 2.45) is 0 Å². The van der Waals surface area contributed by atoms with Crippen molar-refractivity contribution in [1.29, 1.82) is 0 Å². The zero-order valence-electron chi connectivity index (χ0n) is 11.4. The second kappa shape index (κ2) is 5.03. The molecule has 0 amide bonds. The minimum absolute atomic E-state index is 0.00621. The average Bonchev–Trinajstić information content (AvgIpc) is 2.46. The van der Waals surface area contributed by atoms with Crippen LogP contribution in [0.3, 0.4) is 0 Å². The number of aldehydes is 1. The van der Waals surface area contributed by atoms with Crippen LogP contribution >= 0.6 is 0 Å². The fourth-order valence-electron chi connectivity index (χ4n) is 2.71. The van der Waals surface area contributed by atoms with Crippen LogP contribution in [0.15, 0.2) is 12.1 Å². The number of esters is 1. The number of cyclic esters (lactones) is 1. The molecule has 1 aliphatic rings. The standard InChI is InChI=1S/C15H10F2O5/c1-21-14-8-3-11(17)10(16)2-6(8)13-7(9(14)5-18)4-12(19)22-15(13)20/h2-3,5,12,19H,4H2,1H3. The molecule has 1 N–H and O–H groups in total. The van der Waals surface area contributed by atoms with Crippen molar-refractivity contribution in [2.45, 2.75) is 12.7 Å². The Morgan fingerprint density at radius 2 is 1.95 bits per heavy atom. The normalized spacial score (nSPS) is 17.1. The molecule has 3 rings (SSSR count). The lowest BCUT2D eigenvalue weighted by Gasteiger charge is -2.25. The largest absolute Gasteiger partial charge is 0.495 e. The van der Waals surface area contributed by atoms with Crippen molar-refractivity contribution in [2.75, 3.05) is 7.11 Å². The topological polar surface area (TPSA) is 72.8 Å². The molecule has 1 unspecified atom stereocenters. The summed E-state index contributed by atoms with van der Waals surface area (Å²) in [6, 6.07) is 1.70. The van der Waals surface area contributed by atoms with Gasteiger partial charge in [0.15, 0.2) is 17.9 Å². The minimum Gasteiger partial charge on any atom is -0.495 e. The molecule has 0 aromatic heterocycles. The quantitative estimate of drug-likeness (QED) is 0.678. The van der Waals surface area contributed by atoms with Gasteiger partial charge in [0.25, 0.3) is 0 Å². The molecule has 2 aromatic carbocycles. The Kier molecular flexibility index (Phi) is 3.29. The number of hydrogen-bond acceptors (Lipinski definition) is 5. The lowest BCUT2D eigenvalue weighted by molar-refractivity contribution is -0.0685. The van der Waals surface area contributed by atoms with Crippen LogP contribution in [0, 0.1) is 11.6 Å². The third-order valence-electron chi connectivity index (χ3n) is 3.59. The first kappa shape index (κ1) is 14.4. The van der Waals surface area contributed by atoms with Crippen LogP contribution < -0.4 is 4.74 Å². The molecule has 1 heterocycles. The summed E-state index contributed by atoms with van der Waals surface area (Å²) in [7, 11) is 1.27. The van der Waals surface area contributed by atoms with E-state index in [0.29, 0.717) is 6.29 Å². The van der Waals surface area contributed by atoms with Gasteiger partial charge in [-0.25, -0.2) is 13.6 Å². The van der Waals surface area contributed by atoms with E-state index in [1.807, 2.05) is 0 Å². The molecule has 114 valence electrons. The third kappa shape index (κ3) is 1.93. The highest BCUT2D eigenvalue weighted by Crippen LogP contribution is 2.39. The van der Waals surface area contributed by atoms with Crippen LogP contribution in [-0.4, -0.2) is 30.8 Å². The number of aliphatic hydroxyl groups is 1. The summed E-state index contributed by atoms with van der Waals surface area (Å²) in [5.74, 6) is -3.17. The van der Waals surface area contributed by atoms with Crippen molar-refractivity contribution >= 4 is 23.0 Å². The van der Waals surface area contributed by atoms with Gasteiger partial charge in [-0.15, -0.1) is 0 Å². The number of rotatable bonds is 2. The molecule has 0 fully saturated rings. The summed E-state index contributed by atoms with van der Waals surface area (Å²) in [5.41, 5.74) is 0.128. The van der Waals surface area contributed by atoms with E-state index < -0.39 is 23.9 Å². The Morgan fingerprint density at radius 1 is 1.32 bits per heavy atom. The van der Waals surface area contributed by atoms with E-state index in [1.54, 1.807) is 0 Å². The average molecular weight is 308 g/mol. The van der Waals surface area contributed by atoms with E-state index in [-0.39, 0.29) is 39.6 Å². The van der Waals surface area contributed by atoms with Gasteiger partial charge in [0, 0.05) is 17.2 Å². The third-order valence-corrected chi connectivity index (χ3v) is 3.59. The van der Waals surface area contributed by atoms with Crippen LogP contribution in [0.4, 0.5) is 8.78 Å². The second-order valence-corrected chi connectivity index (χ2v) is 4.79. The Hall–Kier alpha value is -2.54. The van der Waals surface area contributed by atoms with Gasteiger partial charge in [0.1, 0.15) is 5.75 Å². The van der Waals surface area contributed by atoms with Gasteiger partial charge in [0.05, 0.1) is 18.2 Å². The van der Waals surface area contributed by atoms with E-state index in [9.17, 15) is 23.5 Å². The van der Waals surface area contributed by atoms with Crippen molar-refractivity contribution < 1.29 is 33.0 Å². The number of aliphatic hydroxyl groups excluding tert-OH is 1. The highest BCUT2D eigenvalue weighted by Gasteiger charge is 2.32. The summed E-state index contributed by atoms with van der Waals surface area (Å²) < 4.78 is 36.9. The fourth-order valence-corrected chi connectivity index (χ4v) is 2.71. The zero-order chi connectivity index (χ0) is 16.0. The SMILES string of the molecule is COc1c(C=O)c2c(c3cc(F)c(F)cc13)C(=O)OC(O)C2. The number of hydrogen-bond donors (Lipinski definition) is 1. The Balaban J connectivity index is 2.52. The molecule has 2 aromatic rings. The summed E-state index contributed by atoms with van der Waals surface area (Å²) in [6.07, 6.45) is -1.10.